The quantitative estimate of drug-likeness (QED) is 0.614. The Morgan fingerprint density at radius 2 is 2.06 bits per heavy atom. The molecule has 2 fully saturated rings. The molecule has 0 aromatic carbocycles. The van der Waals surface area contributed by atoms with E-state index in [0.29, 0.717) is 5.92 Å². The third kappa shape index (κ3) is 2.45. The summed E-state index contributed by atoms with van der Waals surface area (Å²) in [5, 5.41) is 0.146. The van der Waals surface area contributed by atoms with Crippen molar-refractivity contribution >= 4 is 17.7 Å². The lowest BCUT2D eigenvalue weighted by Gasteiger charge is -2.27. The zero-order valence-corrected chi connectivity index (χ0v) is 11.0. The first-order chi connectivity index (χ1) is 7.40. The van der Waals surface area contributed by atoms with Crippen LogP contribution in [-0.2, 0) is 4.74 Å². The summed E-state index contributed by atoms with van der Waals surface area (Å²) in [4.78, 5) is 13.8. The molecule has 0 N–H and O–H groups in total. The van der Waals surface area contributed by atoms with Gasteiger partial charge in [-0.1, -0.05) is 6.42 Å². The average Bonchev–Trinajstić information content (AvgIpc) is 2.79. The maximum atomic E-state index is 12.0. The average molecular weight is 246 g/mol. The Kier molecular flexibility index (Phi) is 3.08. The van der Waals surface area contributed by atoms with Gasteiger partial charge in [0.25, 0.3) is 0 Å². The van der Waals surface area contributed by atoms with E-state index in [2.05, 4.69) is 0 Å². The molecule has 1 aliphatic carbocycles. The maximum absolute atomic E-state index is 12.0. The molecule has 1 saturated heterocycles. The molecule has 0 aromatic heterocycles. The van der Waals surface area contributed by atoms with Gasteiger partial charge in [-0.3, -0.25) is 0 Å². The summed E-state index contributed by atoms with van der Waals surface area (Å²) in [7, 11) is 0. The highest BCUT2D eigenvalue weighted by molar-refractivity contribution is 6.23. The van der Waals surface area contributed by atoms with Crippen molar-refractivity contribution in [2.24, 2.45) is 5.92 Å². The molecule has 4 heteroatoms. The number of rotatable bonds is 0. The van der Waals surface area contributed by atoms with E-state index in [1.165, 1.54) is 6.42 Å². The molecular weight excluding hydrogens is 226 g/mol. The minimum Gasteiger partial charge on any atom is -0.444 e. The lowest BCUT2D eigenvalue weighted by molar-refractivity contribution is 0.0232. The number of carbonyl (C=O) groups is 1. The molecule has 1 aliphatic heterocycles. The summed E-state index contributed by atoms with van der Waals surface area (Å²) in [5.74, 6) is 0.497. The second kappa shape index (κ2) is 4.10. The lowest BCUT2D eigenvalue weighted by atomic mass is 10.2. The number of ether oxygens (including phenoxy) is 1. The highest BCUT2D eigenvalue weighted by Gasteiger charge is 2.55. The van der Waals surface area contributed by atoms with E-state index < -0.39 is 5.60 Å². The van der Waals surface area contributed by atoms with Gasteiger partial charge in [0.1, 0.15) is 5.60 Å². The molecule has 1 amide bonds. The van der Waals surface area contributed by atoms with Gasteiger partial charge < -0.3 is 9.64 Å². The molecule has 0 bridgehead atoms. The van der Waals surface area contributed by atoms with Crippen molar-refractivity contribution in [1.29, 1.82) is 0 Å². The van der Waals surface area contributed by atoms with Gasteiger partial charge in [-0.25, -0.2) is 4.79 Å². The minimum atomic E-state index is -0.421. The van der Waals surface area contributed by atoms with E-state index in [-0.39, 0.29) is 17.5 Å². The summed E-state index contributed by atoms with van der Waals surface area (Å²) >= 11 is 6.19. The topological polar surface area (TPSA) is 29.5 Å². The largest absolute Gasteiger partial charge is 0.444 e. The van der Waals surface area contributed by atoms with E-state index in [4.69, 9.17) is 16.3 Å². The minimum absolute atomic E-state index is 0.146. The number of nitrogens with zero attached hydrogens (tertiary/aromatic N) is 1. The number of fused-ring (bicyclic) bond motifs is 1. The molecule has 2 rings (SSSR count). The summed E-state index contributed by atoms with van der Waals surface area (Å²) in [6.45, 7) is 6.47. The predicted octanol–water partition coefficient (Wildman–Crippen LogP) is 3.01. The predicted molar refractivity (Wildman–Crippen MR) is 63.7 cm³/mol. The maximum Gasteiger partial charge on any atom is 0.410 e. The molecule has 1 unspecified atom stereocenters. The van der Waals surface area contributed by atoms with Crippen molar-refractivity contribution in [3.63, 3.8) is 0 Å². The van der Waals surface area contributed by atoms with Crippen LogP contribution in [0.2, 0.25) is 0 Å². The van der Waals surface area contributed by atoms with E-state index in [1.54, 1.807) is 0 Å². The Balaban J connectivity index is 1.99. The standard InChI is InChI=1S/C12H20ClNO2/c1-12(2,3)16-11(15)14-7-5-4-6-8-9(13)10(8)14/h8-10H,4-7H2,1-3H3/t8-,9-,10?/m0/s1. The fourth-order valence-electron chi connectivity index (χ4n) is 2.39. The highest BCUT2D eigenvalue weighted by Crippen LogP contribution is 2.46. The SMILES string of the molecule is CC(C)(C)OC(=O)N1CCCC[C@@H]2C1[C@H]2Cl. The molecule has 0 radical (unpaired) electrons. The molecule has 1 saturated carbocycles. The molecule has 3 atom stereocenters. The third-order valence-electron chi connectivity index (χ3n) is 3.21. The van der Waals surface area contributed by atoms with Crippen LogP contribution in [0.5, 0.6) is 0 Å². The molecule has 3 nitrogen and oxygen atoms in total. The van der Waals surface area contributed by atoms with Gasteiger partial charge >= 0.3 is 6.09 Å². The van der Waals surface area contributed by atoms with Gasteiger partial charge in [0.05, 0.1) is 11.4 Å². The molecule has 0 spiro atoms. The Bertz CT molecular complexity index is 287. The van der Waals surface area contributed by atoms with Gasteiger partial charge in [-0.15, -0.1) is 11.6 Å². The monoisotopic (exact) mass is 245 g/mol. The van der Waals surface area contributed by atoms with E-state index in [1.807, 2.05) is 25.7 Å². The molecule has 2 aliphatic rings. The van der Waals surface area contributed by atoms with Crippen molar-refractivity contribution in [3.8, 4) is 0 Å². The van der Waals surface area contributed by atoms with Gasteiger partial charge in [0.15, 0.2) is 0 Å². The van der Waals surface area contributed by atoms with E-state index in [0.717, 1.165) is 19.4 Å². The molecule has 1 heterocycles. The fraction of sp³-hybridized carbons (Fsp3) is 0.917. The Morgan fingerprint density at radius 1 is 1.38 bits per heavy atom. The summed E-state index contributed by atoms with van der Waals surface area (Å²) in [6.07, 6.45) is 3.19. The van der Waals surface area contributed by atoms with Crippen LogP contribution in [0.3, 0.4) is 0 Å². The summed E-state index contributed by atoms with van der Waals surface area (Å²) in [5.41, 5.74) is -0.421. The van der Waals surface area contributed by atoms with E-state index in [9.17, 15) is 4.79 Å². The molecule has 16 heavy (non-hydrogen) atoms. The summed E-state index contributed by atoms with van der Waals surface area (Å²) in [6, 6.07) is 0.221. The Morgan fingerprint density at radius 3 is 2.69 bits per heavy atom. The zero-order valence-electron chi connectivity index (χ0n) is 10.2. The van der Waals surface area contributed by atoms with Crippen LogP contribution in [0.1, 0.15) is 40.0 Å². The van der Waals surface area contributed by atoms with Gasteiger partial charge in [-0.2, -0.15) is 0 Å². The molecular formula is C12H20ClNO2. The van der Waals surface area contributed by atoms with Crippen LogP contribution in [0.4, 0.5) is 4.79 Å². The second-order valence-electron chi connectivity index (χ2n) is 5.77. The first kappa shape index (κ1) is 12.0. The van der Waals surface area contributed by atoms with Crippen LogP contribution >= 0.6 is 11.6 Å². The van der Waals surface area contributed by atoms with Crippen molar-refractivity contribution in [2.45, 2.75) is 57.1 Å². The van der Waals surface area contributed by atoms with Gasteiger partial charge in [0.2, 0.25) is 0 Å². The van der Waals surface area contributed by atoms with Crippen molar-refractivity contribution in [3.05, 3.63) is 0 Å². The number of hydrogen-bond donors (Lipinski definition) is 0. The number of likely N-dealkylation sites (tertiary alicyclic amines) is 1. The van der Waals surface area contributed by atoms with Crippen LogP contribution in [-0.4, -0.2) is 34.6 Å². The van der Waals surface area contributed by atoms with Crippen LogP contribution in [0.15, 0.2) is 0 Å². The van der Waals surface area contributed by atoms with Crippen molar-refractivity contribution in [2.75, 3.05) is 6.54 Å². The third-order valence-corrected chi connectivity index (χ3v) is 3.79. The van der Waals surface area contributed by atoms with Gasteiger partial charge in [-0.05, 0) is 39.5 Å². The highest BCUT2D eigenvalue weighted by atomic mass is 35.5. The second-order valence-corrected chi connectivity index (χ2v) is 6.27. The number of amides is 1. The smallest absolute Gasteiger partial charge is 0.410 e. The van der Waals surface area contributed by atoms with Crippen LogP contribution in [0.25, 0.3) is 0 Å². The molecule has 0 aromatic rings. The van der Waals surface area contributed by atoms with Crippen molar-refractivity contribution in [1.82, 2.24) is 4.90 Å². The Labute approximate surface area is 102 Å². The zero-order chi connectivity index (χ0) is 11.9. The van der Waals surface area contributed by atoms with Crippen LogP contribution in [0, 0.1) is 5.92 Å². The molecule has 92 valence electrons. The van der Waals surface area contributed by atoms with E-state index >= 15 is 0 Å². The first-order valence-electron chi connectivity index (χ1n) is 6.04. The number of hydrogen-bond acceptors (Lipinski definition) is 2. The first-order valence-corrected chi connectivity index (χ1v) is 6.47. The van der Waals surface area contributed by atoms with Crippen LogP contribution < -0.4 is 0 Å². The fourth-order valence-corrected chi connectivity index (χ4v) is 2.91. The number of alkyl halides is 1. The number of halogens is 1. The Hall–Kier alpha value is -0.440. The lowest BCUT2D eigenvalue weighted by Crippen LogP contribution is -2.39. The summed E-state index contributed by atoms with van der Waals surface area (Å²) < 4.78 is 5.41. The van der Waals surface area contributed by atoms with Gasteiger partial charge in [0, 0.05) is 6.54 Å². The van der Waals surface area contributed by atoms with Crippen molar-refractivity contribution < 1.29 is 9.53 Å². The number of carbonyl (C=O) groups excluding carboxylic acids is 1. The normalized spacial score (nSPS) is 34.0.